The van der Waals surface area contributed by atoms with Crippen molar-refractivity contribution in [2.45, 2.75) is 133 Å². The van der Waals surface area contributed by atoms with Gasteiger partial charge in [0.2, 0.25) is 0 Å². The van der Waals surface area contributed by atoms with Gasteiger partial charge in [0.1, 0.15) is 0 Å². The maximum absolute atomic E-state index is 6.31. The van der Waals surface area contributed by atoms with Crippen LogP contribution in [0, 0.1) is 0 Å². The summed E-state index contributed by atoms with van der Waals surface area (Å²) in [6, 6.07) is 5.24. The lowest BCUT2D eigenvalue weighted by molar-refractivity contribution is 0.420. The second-order valence-electron chi connectivity index (χ2n) is 9.15. The van der Waals surface area contributed by atoms with E-state index in [1.807, 2.05) is 13.8 Å². The maximum atomic E-state index is 6.31. The van der Waals surface area contributed by atoms with Crippen molar-refractivity contribution in [1.29, 1.82) is 0 Å². The van der Waals surface area contributed by atoms with E-state index in [0.717, 1.165) is 17.8 Å². The van der Waals surface area contributed by atoms with E-state index in [0.29, 0.717) is 0 Å². The summed E-state index contributed by atoms with van der Waals surface area (Å²) < 4.78 is 0. The lowest BCUT2D eigenvalue weighted by Gasteiger charge is -2.31. The van der Waals surface area contributed by atoms with Crippen LogP contribution < -0.4 is 5.14 Å². The minimum absolute atomic E-state index is 0.765. The van der Waals surface area contributed by atoms with Gasteiger partial charge in [0.25, 0.3) is 0 Å². The molecule has 1 aromatic carbocycles. The van der Waals surface area contributed by atoms with E-state index in [9.17, 15) is 0 Å². The van der Waals surface area contributed by atoms with Gasteiger partial charge >= 0.3 is 0 Å². The lowest BCUT2D eigenvalue weighted by Crippen LogP contribution is -2.14. The number of nitrogens with two attached hydrogens (primary N) is 1. The molecule has 1 nitrogen and oxygen atoms in total. The van der Waals surface area contributed by atoms with Crippen LogP contribution in [0.1, 0.15) is 145 Å². The third-order valence-corrected chi connectivity index (χ3v) is 8.16. The molecule has 0 unspecified atom stereocenters. The third kappa shape index (κ3) is 5.36. The highest BCUT2D eigenvalue weighted by Gasteiger charge is 2.27. The van der Waals surface area contributed by atoms with Crippen molar-refractivity contribution >= 4 is 11.9 Å². The Hall–Kier alpha value is -0.470. The molecule has 0 aromatic heterocycles. The Labute approximate surface area is 178 Å². The first-order valence-electron chi connectivity index (χ1n) is 12.4. The molecular formula is C26H43NS. The molecule has 0 bridgehead atoms. The predicted octanol–water partition coefficient (Wildman–Crippen LogP) is 8.82. The largest absolute Gasteiger partial charge is 0.274 e. The minimum atomic E-state index is 0.765. The molecule has 3 fully saturated rings. The fraction of sp³-hybridized carbons (Fsp3) is 0.769. The van der Waals surface area contributed by atoms with Crippen LogP contribution in [0.3, 0.4) is 0 Å². The first-order valence-corrected chi connectivity index (χ1v) is 13.3. The Bertz CT molecular complexity index is 539. The fourth-order valence-electron chi connectivity index (χ4n) is 5.94. The zero-order valence-electron chi connectivity index (χ0n) is 18.5. The van der Waals surface area contributed by atoms with E-state index >= 15 is 0 Å². The highest BCUT2D eigenvalue weighted by Crippen LogP contribution is 2.46. The summed E-state index contributed by atoms with van der Waals surface area (Å²) in [5.74, 6) is 2.34. The van der Waals surface area contributed by atoms with Crippen LogP contribution in [-0.2, 0) is 0 Å². The molecule has 28 heavy (non-hydrogen) atoms. The number of hydrogen-bond acceptors (Lipinski definition) is 2. The standard InChI is InChI=1S/C24H37NS.C2H6/c25-26-24-22(19-12-6-2-7-13-19)16-21(18-10-4-1-5-11-18)17-23(24)20-14-8-3-9-15-20;1-2/h16-20H,1-15,25H2;1-2H3. The van der Waals surface area contributed by atoms with Gasteiger partial charge in [0, 0.05) is 4.90 Å². The van der Waals surface area contributed by atoms with Crippen LogP contribution >= 0.6 is 11.9 Å². The van der Waals surface area contributed by atoms with Crippen LogP contribution in [-0.4, -0.2) is 0 Å². The van der Waals surface area contributed by atoms with Crippen molar-refractivity contribution in [3.63, 3.8) is 0 Å². The van der Waals surface area contributed by atoms with Crippen molar-refractivity contribution < 1.29 is 0 Å². The van der Waals surface area contributed by atoms with E-state index in [4.69, 9.17) is 5.14 Å². The van der Waals surface area contributed by atoms with Crippen molar-refractivity contribution in [2.75, 3.05) is 0 Å². The van der Waals surface area contributed by atoms with E-state index < -0.39 is 0 Å². The first-order chi connectivity index (χ1) is 13.9. The Morgan fingerprint density at radius 2 is 0.964 bits per heavy atom. The molecule has 0 radical (unpaired) electrons. The Balaban J connectivity index is 0.00000109. The molecule has 1 aromatic rings. The quantitative estimate of drug-likeness (QED) is 0.510. The van der Waals surface area contributed by atoms with Gasteiger partial charge in [-0.2, -0.15) is 0 Å². The molecule has 158 valence electrons. The molecule has 3 aliphatic rings. The van der Waals surface area contributed by atoms with Crippen LogP contribution in [0.15, 0.2) is 17.0 Å². The lowest BCUT2D eigenvalue weighted by atomic mass is 9.76. The molecule has 0 atom stereocenters. The molecule has 0 saturated heterocycles. The fourth-order valence-corrected chi connectivity index (χ4v) is 6.66. The molecule has 2 heteroatoms. The zero-order chi connectivity index (χ0) is 19.8. The van der Waals surface area contributed by atoms with E-state index in [1.165, 1.54) is 101 Å². The van der Waals surface area contributed by atoms with Gasteiger partial charge in [-0.1, -0.05) is 83.8 Å². The molecular weight excluding hydrogens is 358 g/mol. The molecule has 3 aliphatic carbocycles. The molecule has 0 amide bonds. The van der Waals surface area contributed by atoms with Crippen molar-refractivity contribution in [1.82, 2.24) is 0 Å². The molecule has 0 spiro atoms. The van der Waals surface area contributed by atoms with Gasteiger partial charge in [0.05, 0.1) is 0 Å². The summed E-state index contributed by atoms with van der Waals surface area (Å²) in [6.45, 7) is 4.00. The second-order valence-corrected chi connectivity index (χ2v) is 9.80. The van der Waals surface area contributed by atoms with Gasteiger partial charge in [0.15, 0.2) is 0 Å². The van der Waals surface area contributed by atoms with Crippen LogP contribution in [0.4, 0.5) is 0 Å². The maximum Gasteiger partial charge on any atom is 0.0295 e. The predicted molar refractivity (Wildman–Crippen MR) is 125 cm³/mol. The Kier molecular flexibility index (Phi) is 9.24. The number of rotatable bonds is 4. The van der Waals surface area contributed by atoms with Gasteiger partial charge in [-0.25, -0.2) is 0 Å². The topological polar surface area (TPSA) is 26.0 Å². The number of hydrogen-bond donors (Lipinski definition) is 1. The van der Waals surface area contributed by atoms with Gasteiger partial charge < -0.3 is 0 Å². The zero-order valence-corrected chi connectivity index (χ0v) is 19.3. The number of benzene rings is 1. The highest BCUT2D eigenvalue weighted by molar-refractivity contribution is 7.97. The third-order valence-electron chi connectivity index (χ3n) is 7.45. The molecule has 0 heterocycles. The smallest absolute Gasteiger partial charge is 0.0295 e. The molecule has 3 saturated carbocycles. The van der Waals surface area contributed by atoms with Crippen molar-refractivity contribution in [3.8, 4) is 0 Å². The van der Waals surface area contributed by atoms with Gasteiger partial charge in [-0.3, -0.25) is 5.14 Å². The summed E-state index contributed by atoms with van der Waals surface area (Å²) in [7, 11) is 0. The van der Waals surface area contributed by atoms with Crippen LogP contribution in [0.2, 0.25) is 0 Å². The van der Waals surface area contributed by atoms with Gasteiger partial charge in [-0.15, -0.1) is 0 Å². The van der Waals surface area contributed by atoms with Gasteiger partial charge in [-0.05, 0) is 84.9 Å². The Morgan fingerprint density at radius 3 is 1.32 bits per heavy atom. The molecule has 0 aliphatic heterocycles. The van der Waals surface area contributed by atoms with E-state index in [-0.39, 0.29) is 0 Å². The minimum Gasteiger partial charge on any atom is -0.274 e. The summed E-state index contributed by atoms with van der Waals surface area (Å²) in [5.41, 5.74) is 4.95. The SMILES string of the molecule is CC.NSc1c(C2CCCCC2)cc(C2CCCCC2)cc1C1CCCCC1. The van der Waals surface area contributed by atoms with Crippen LogP contribution in [0.5, 0.6) is 0 Å². The normalized spacial score (nSPS) is 22.5. The van der Waals surface area contributed by atoms with E-state index in [2.05, 4.69) is 12.1 Å². The average molecular weight is 402 g/mol. The second kappa shape index (κ2) is 11.6. The molecule has 4 rings (SSSR count). The van der Waals surface area contributed by atoms with E-state index in [1.54, 1.807) is 28.6 Å². The first kappa shape index (κ1) is 22.2. The van der Waals surface area contributed by atoms with Crippen molar-refractivity contribution in [2.24, 2.45) is 5.14 Å². The summed E-state index contributed by atoms with van der Waals surface area (Å²) in [5, 5.41) is 6.31. The summed E-state index contributed by atoms with van der Waals surface area (Å²) >= 11 is 1.56. The Morgan fingerprint density at radius 1 is 0.607 bits per heavy atom. The van der Waals surface area contributed by atoms with Crippen molar-refractivity contribution in [3.05, 3.63) is 28.8 Å². The molecule has 2 N–H and O–H groups in total. The summed E-state index contributed by atoms with van der Waals surface area (Å²) in [4.78, 5) is 1.48. The van der Waals surface area contributed by atoms with Crippen LogP contribution in [0.25, 0.3) is 0 Å². The highest BCUT2D eigenvalue weighted by atomic mass is 32.2. The summed E-state index contributed by atoms with van der Waals surface area (Å²) in [6.07, 6.45) is 21.1. The monoisotopic (exact) mass is 401 g/mol. The average Bonchev–Trinajstić information content (AvgIpc) is 2.81.